The minimum atomic E-state index is 0.0562. The zero-order chi connectivity index (χ0) is 16.4. The van der Waals surface area contributed by atoms with Crippen LogP contribution in [0.15, 0.2) is 30.9 Å². The van der Waals surface area contributed by atoms with Crippen LogP contribution in [0.3, 0.4) is 0 Å². The molecular formula is C17H23N5O. The molecule has 1 fully saturated rings. The van der Waals surface area contributed by atoms with Gasteiger partial charge in [-0.2, -0.15) is 0 Å². The van der Waals surface area contributed by atoms with Crippen molar-refractivity contribution >= 4 is 11.6 Å². The van der Waals surface area contributed by atoms with Gasteiger partial charge in [0.2, 0.25) is 0 Å². The number of carbonyl (C=O) groups excluding carboxylic acids is 1. The second-order valence-electron chi connectivity index (χ2n) is 6.27. The van der Waals surface area contributed by atoms with Crippen LogP contribution < -0.4 is 4.90 Å². The molecule has 0 spiro atoms. The molecule has 1 unspecified atom stereocenters. The molecule has 0 N–H and O–H groups in total. The molecule has 0 aromatic carbocycles. The largest absolute Gasteiger partial charge is 0.377 e. The lowest BCUT2D eigenvalue weighted by Crippen LogP contribution is -2.40. The van der Waals surface area contributed by atoms with E-state index in [-0.39, 0.29) is 5.91 Å². The van der Waals surface area contributed by atoms with Gasteiger partial charge in [0.25, 0.3) is 5.91 Å². The van der Waals surface area contributed by atoms with Crippen LogP contribution in [0.5, 0.6) is 0 Å². The summed E-state index contributed by atoms with van der Waals surface area (Å²) in [5.41, 5.74) is 1.57. The zero-order valence-electron chi connectivity index (χ0n) is 13.9. The average molecular weight is 313 g/mol. The number of hydrogen-bond donors (Lipinski definition) is 0. The van der Waals surface area contributed by atoms with Gasteiger partial charge >= 0.3 is 0 Å². The number of aromatic nitrogens is 3. The van der Waals surface area contributed by atoms with Gasteiger partial charge in [0.05, 0.1) is 11.3 Å². The first-order chi connectivity index (χ1) is 11.1. The predicted octanol–water partition coefficient (Wildman–Crippen LogP) is 1.90. The van der Waals surface area contributed by atoms with Gasteiger partial charge in [-0.1, -0.05) is 0 Å². The number of piperidine rings is 1. The van der Waals surface area contributed by atoms with Crippen LogP contribution in [0.25, 0.3) is 0 Å². The fourth-order valence-electron chi connectivity index (χ4n) is 3.26. The number of rotatable bonds is 3. The Morgan fingerprint density at radius 1 is 1.35 bits per heavy atom. The van der Waals surface area contributed by atoms with Crippen molar-refractivity contribution in [2.75, 3.05) is 32.1 Å². The average Bonchev–Trinajstić information content (AvgIpc) is 3.00. The molecule has 3 rings (SSSR count). The molecule has 1 amide bonds. The number of imidazole rings is 1. The van der Waals surface area contributed by atoms with Gasteiger partial charge in [-0.25, -0.2) is 4.98 Å². The summed E-state index contributed by atoms with van der Waals surface area (Å²) < 4.78 is 2.05. The van der Waals surface area contributed by atoms with E-state index < -0.39 is 0 Å². The molecule has 1 atom stereocenters. The van der Waals surface area contributed by atoms with E-state index >= 15 is 0 Å². The van der Waals surface area contributed by atoms with Crippen molar-refractivity contribution in [3.05, 3.63) is 42.2 Å². The van der Waals surface area contributed by atoms with Crippen molar-refractivity contribution < 1.29 is 4.79 Å². The van der Waals surface area contributed by atoms with E-state index in [1.165, 1.54) is 0 Å². The number of likely N-dealkylation sites (tertiary alicyclic amines) is 1. The number of aryl methyl sites for hydroxylation is 1. The Hall–Kier alpha value is -2.37. The summed E-state index contributed by atoms with van der Waals surface area (Å²) in [6, 6.07) is 1.88. The Labute approximate surface area is 136 Å². The van der Waals surface area contributed by atoms with Gasteiger partial charge in [-0.3, -0.25) is 9.78 Å². The van der Waals surface area contributed by atoms with Crippen molar-refractivity contribution in [1.29, 1.82) is 0 Å². The minimum absolute atomic E-state index is 0.0562. The number of pyridine rings is 1. The Bertz CT molecular complexity index is 694. The molecule has 23 heavy (non-hydrogen) atoms. The molecule has 2 aromatic rings. The molecule has 6 heteroatoms. The van der Waals surface area contributed by atoms with Gasteiger partial charge in [0, 0.05) is 64.9 Å². The van der Waals surface area contributed by atoms with Crippen LogP contribution in [-0.2, 0) is 7.05 Å². The van der Waals surface area contributed by atoms with Gasteiger partial charge in [-0.05, 0) is 18.9 Å². The molecule has 1 saturated heterocycles. The van der Waals surface area contributed by atoms with E-state index in [4.69, 9.17) is 0 Å². The number of hydrogen-bond acceptors (Lipinski definition) is 4. The highest BCUT2D eigenvalue weighted by molar-refractivity contribution is 5.99. The standard InChI is InChI=1S/C17H23N5O/c1-20(2)15-6-7-18-11-14(15)17(23)22-9-4-5-13(12-22)16-19-8-10-21(16)3/h6-8,10-11,13H,4-5,9,12H2,1-3H3. The third-order valence-corrected chi connectivity index (χ3v) is 4.44. The van der Waals surface area contributed by atoms with E-state index in [0.29, 0.717) is 18.0 Å². The molecule has 2 aromatic heterocycles. The monoisotopic (exact) mass is 313 g/mol. The molecule has 0 radical (unpaired) electrons. The number of nitrogens with zero attached hydrogens (tertiary/aromatic N) is 5. The SMILES string of the molecule is CN(C)c1ccncc1C(=O)N1CCCC(c2nccn2C)C1. The summed E-state index contributed by atoms with van der Waals surface area (Å²) in [6.45, 7) is 1.51. The Morgan fingerprint density at radius 3 is 2.87 bits per heavy atom. The van der Waals surface area contributed by atoms with E-state index in [0.717, 1.165) is 30.9 Å². The van der Waals surface area contributed by atoms with Crippen molar-refractivity contribution in [2.45, 2.75) is 18.8 Å². The molecule has 122 valence electrons. The number of amides is 1. The van der Waals surface area contributed by atoms with E-state index in [1.807, 2.05) is 54.0 Å². The summed E-state index contributed by atoms with van der Waals surface area (Å²) in [6.07, 6.45) is 9.24. The van der Waals surface area contributed by atoms with Crippen LogP contribution in [0, 0.1) is 0 Å². The normalized spacial score (nSPS) is 18.0. The molecule has 1 aliphatic heterocycles. The van der Waals surface area contributed by atoms with Crippen molar-refractivity contribution in [3.8, 4) is 0 Å². The van der Waals surface area contributed by atoms with Crippen LogP contribution in [-0.4, -0.2) is 52.5 Å². The van der Waals surface area contributed by atoms with Crippen LogP contribution in [0.4, 0.5) is 5.69 Å². The quantitative estimate of drug-likeness (QED) is 0.868. The van der Waals surface area contributed by atoms with Gasteiger partial charge in [-0.15, -0.1) is 0 Å². The summed E-state index contributed by atoms with van der Waals surface area (Å²) in [5.74, 6) is 1.41. The van der Waals surface area contributed by atoms with Crippen LogP contribution in [0.2, 0.25) is 0 Å². The highest BCUT2D eigenvalue weighted by Crippen LogP contribution is 2.28. The second kappa shape index (κ2) is 6.40. The van der Waals surface area contributed by atoms with Gasteiger partial charge in [0.15, 0.2) is 0 Å². The zero-order valence-corrected chi connectivity index (χ0v) is 13.9. The van der Waals surface area contributed by atoms with Crippen molar-refractivity contribution in [2.24, 2.45) is 7.05 Å². The molecule has 1 aliphatic rings. The number of anilines is 1. The molecule has 0 aliphatic carbocycles. The molecule has 0 saturated carbocycles. The lowest BCUT2D eigenvalue weighted by molar-refractivity contribution is 0.0704. The maximum Gasteiger partial charge on any atom is 0.257 e. The highest BCUT2D eigenvalue weighted by atomic mass is 16.2. The lowest BCUT2D eigenvalue weighted by Gasteiger charge is -2.33. The van der Waals surface area contributed by atoms with E-state index in [9.17, 15) is 4.79 Å². The third kappa shape index (κ3) is 3.06. The number of carbonyl (C=O) groups is 1. The van der Waals surface area contributed by atoms with Crippen LogP contribution >= 0.6 is 0 Å². The predicted molar refractivity (Wildman–Crippen MR) is 89.7 cm³/mol. The van der Waals surface area contributed by atoms with Gasteiger partial charge < -0.3 is 14.4 Å². The topological polar surface area (TPSA) is 54.3 Å². The maximum atomic E-state index is 13.0. The summed E-state index contributed by atoms with van der Waals surface area (Å²) in [5, 5.41) is 0. The smallest absolute Gasteiger partial charge is 0.257 e. The summed E-state index contributed by atoms with van der Waals surface area (Å²) >= 11 is 0. The molecule has 0 bridgehead atoms. The molecule has 6 nitrogen and oxygen atoms in total. The van der Waals surface area contributed by atoms with E-state index in [1.54, 1.807) is 12.4 Å². The van der Waals surface area contributed by atoms with E-state index in [2.05, 4.69) is 9.97 Å². The van der Waals surface area contributed by atoms with Crippen molar-refractivity contribution in [3.63, 3.8) is 0 Å². The first-order valence-electron chi connectivity index (χ1n) is 7.95. The first kappa shape index (κ1) is 15.5. The van der Waals surface area contributed by atoms with Crippen molar-refractivity contribution in [1.82, 2.24) is 19.4 Å². The Kier molecular flexibility index (Phi) is 4.32. The lowest BCUT2D eigenvalue weighted by atomic mass is 9.96. The summed E-state index contributed by atoms with van der Waals surface area (Å²) in [4.78, 5) is 25.4. The molecule has 3 heterocycles. The second-order valence-corrected chi connectivity index (χ2v) is 6.27. The summed E-state index contributed by atoms with van der Waals surface area (Å²) in [7, 11) is 5.90. The molecular weight excluding hydrogens is 290 g/mol. The fraction of sp³-hybridized carbons (Fsp3) is 0.471. The Morgan fingerprint density at radius 2 is 2.17 bits per heavy atom. The van der Waals surface area contributed by atoms with Gasteiger partial charge in [0.1, 0.15) is 5.82 Å². The highest BCUT2D eigenvalue weighted by Gasteiger charge is 2.28. The minimum Gasteiger partial charge on any atom is -0.377 e. The first-order valence-corrected chi connectivity index (χ1v) is 7.95. The third-order valence-electron chi connectivity index (χ3n) is 4.44. The maximum absolute atomic E-state index is 13.0. The Balaban J connectivity index is 1.82. The van der Waals surface area contributed by atoms with Crippen LogP contribution in [0.1, 0.15) is 34.9 Å². The fourth-order valence-corrected chi connectivity index (χ4v) is 3.26.